The molecule has 3 aromatic carbocycles. The predicted molar refractivity (Wildman–Crippen MR) is 176 cm³/mol. The molecule has 0 saturated heterocycles. The van der Waals surface area contributed by atoms with Crippen LogP contribution in [0.3, 0.4) is 0 Å². The molecule has 3 aromatic rings. The topological polar surface area (TPSA) is 168 Å². The van der Waals surface area contributed by atoms with Gasteiger partial charge in [-0.2, -0.15) is 22.0 Å². The first-order chi connectivity index (χ1) is 24.6. The number of alkyl halides is 5. The van der Waals surface area contributed by atoms with Gasteiger partial charge in [0.2, 0.25) is 0 Å². The van der Waals surface area contributed by atoms with Crippen LogP contribution in [-0.2, 0) is 22.1 Å². The first kappa shape index (κ1) is 40.8. The smallest absolute Gasteiger partial charge is 0.426 e. The number of esters is 1. The van der Waals surface area contributed by atoms with Crippen LogP contribution in [0.5, 0.6) is 11.5 Å². The van der Waals surface area contributed by atoms with E-state index in [2.05, 4.69) is 0 Å². The molecule has 0 aromatic heterocycles. The van der Waals surface area contributed by atoms with Gasteiger partial charge < -0.3 is 19.3 Å². The Bertz CT molecular complexity index is 1680. The molecule has 0 aliphatic carbocycles. The van der Waals surface area contributed by atoms with E-state index in [1.807, 2.05) is 0 Å². The molecule has 17 heteroatoms. The molecular weight excluding hydrogens is 703 g/mol. The number of carboxylic acid groups (broad SMARTS) is 1. The van der Waals surface area contributed by atoms with Crippen LogP contribution < -0.4 is 9.47 Å². The number of carbonyl (C=O) groups is 2. The number of halogens is 5. The normalized spacial score (nSPS) is 11.7. The third kappa shape index (κ3) is 13.6. The molecule has 1 N–H and O–H groups in total. The maximum atomic E-state index is 14.8. The molecule has 0 aliphatic heterocycles. The lowest BCUT2D eigenvalue weighted by molar-refractivity contribution is -0.394. The lowest BCUT2D eigenvalue weighted by Crippen LogP contribution is -2.21. The SMILES string of the molecule is O=C(/C=C/c1ccc(C(F)(F)Oc2ccc(OCCCCCC(F)(F)F)cc2)cc1)OCCCCCCc1c(C(=O)O)cc([N+](=O)[O-])cc1[N+](=O)[O-]. The van der Waals surface area contributed by atoms with Crippen LogP contribution in [0, 0.1) is 20.2 Å². The number of carbonyl (C=O) groups excluding carboxylic acids is 1. The van der Waals surface area contributed by atoms with Gasteiger partial charge in [0.05, 0.1) is 40.3 Å². The summed E-state index contributed by atoms with van der Waals surface area (Å²) in [5.41, 5.74) is -1.98. The van der Waals surface area contributed by atoms with Crippen molar-refractivity contribution >= 4 is 29.4 Å². The zero-order valence-corrected chi connectivity index (χ0v) is 27.6. The average molecular weight is 739 g/mol. The maximum absolute atomic E-state index is 14.8. The zero-order chi connectivity index (χ0) is 38.3. The first-order valence-corrected chi connectivity index (χ1v) is 16.1. The second-order valence-corrected chi connectivity index (χ2v) is 11.5. The van der Waals surface area contributed by atoms with Gasteiger partial charge in [-0.25, -0.2) is 9.59 Å². The highest BCUT2D eigenvalue weighted by Crippen LogP contribution is 2.33. The van der Waals surface area contributed by atoms with Crippen LogP contribution in [-0.4, -0.2) is 46.3 Å². The molecule has 0 saturated carbocycles. The Balaban J connectivity index is 1.38. The number of hydrogen-bond acceptors (Lipinski definition) is 9. The molecular formula is C35H35F5N2O10. The molecule has 12 nitrogen and oxygen atoms in total. The number of hydrogen-bond donors (Lipinski definition) is 1. The van der Waals surface area contributed by atoms with Gasteiger partial charge >= 0.3 is 24.2 Å². The number of nitro groups is 2. The van der Waals surface area contributed by atoms with Crippen LogP contribution in [0.15, 0.2) is 66.7 Å². The highest BCUT2D eigenvalue weighted by molar-refractivity contribution is 5.92. The van der Waals surface area contributed by atoms with Crippen molar-refractivity contribution in [2.24, 2.45) is 0 Å². The summed E-state index contributed by atoms with van der Waals surface area (Å²) in [6, 6.07) is 11.9. The fourth-order valence-corrected chi connectivity index (χ4v) is 4.90. The van der Waals surface area contributed by atoms with Crippen molar-refractivity contribution in [1.29, 1.82) is 0 Å². The summed E-state index contributed by atoms with van der Waals surface area (Å²) in [4.78, 5) is 44.4. The van der Waals surface area contributed by atoms with Crippen LogP contribution in [0.1, 0.15) is 78.4 Å². The molecule has 0 spiro atoms. The second kappa shape index (κ2) is 19.1. The molecule has 0 radical (unpaired) electrons. The number of ether oxygens (including phenoxy) is 3. The molecule has 0 unspecified atom stereocenters. The third-order valence-electron chi connectivity index (χ3n) is 7.52. The highest BCUT2D eigenvalue weighted by atomic mass is 19.4. The third-order valence-corrected chi connectivity index (χ3v) is 7.52. The van der Waals surface area contributed by atoms with Crippen LogP contribution in [0.25, 0.3) is 6.08 Å². The summed E-state index contributed by atoms with van der Waals surface area (Å²) in [5, 5.41) is 31.9. The number of unbranched alkanes of at least 4 members (excludes halogenated alkanes) is 5. The minimum absolute atomic E-state index is 0.000205. The number of benzene rings is 3. The largest absolute Gasteiger partial charge is 0.494 e. The highest BCUT2D eigenvalue weighted by Gasteiger charge is 2.34. The second-order valence-electron chi connectivity index (χ2n) is 11.5. The zero-order valence-electron chi connectivity index (χ0n) is 27.6. The van der Waals surface area contributed by atoms with Crippen LogP contribution in [0.4, 0.5) is 33.3 Å². The van der Waals surface area contributed by atoms with E-state index >= 15 is 0 Å². The van der Waals surface area contributed by atoms with E-state index in [4.69, 9.17) is 14.2 Å². The molecule has 0 aliphatic rings. The van der Waals surface area contributed by atoms with Crippen LogP contribution >= 0.6 is 0 Å². The van der Waals surface area contributed by atoms with E-state index in [0.29, 0.717) is 49.8 Å². The van der Waals surface area contributed by atoms with Gasteiger partial charge in [0.15, 0.2) is 0 Å². The Kier molecular flexibility index (Phi) is 15.0. The van der Waals surface area contributed by atoms with Gasteiger partial charge in [0.25, 0.3) is 11.4 Å². The monoisotopic (exact) mass is 738 g/mol. The molecule has 280 valence electrons. The van der Waals surface area contributed by atoms with E-state index < -0.39 is 63.0 Å². The van der Waals surface area contributed by atoms with E-state index in [1.54, 1.807) is 0 Å². The number of nitro benzene ring substituents is 2. The molecule has 0 amide bonds. The quantitative estimate of drug-likeness (QED) is 0.0278. The summed E-state index contributed by atoms with van der Waals surface area (Å²) in [6.07, 6.45) is -3.69. The summed E-state index contributed by atoms with van der Waals surface area (Å²) in [5.74, 6) is -1.99. The molecule has 0 atom stereocenters. The van der Waals surface area contributed by atoms with E-state index in [1.165, 1.54) is 42.5 Å². The molecule has 3 rings (SSSR count). The van der Waals surface area contributed by atoms with Crippen molar-refractivity contribution in [3.63, 3.8) is 0 Å². The molecule has 52 heavy (non-hydrogen) atoms. The Morgan fingerprint density at radius 2 is 1.38 bits per heavy atom. The van der Waals surface area contributed by atoms with Crippen LogP contribution in [0.2, 0.25) is 0 Å². The lowest BCUT2D eigenvalue weighted by atomic mass is 9.98. The molecule has 0 fully saturated rings. The number of aromatic carboxylic acids is 1. The number of rotatable bonds is 21. The van der Waals surface area contributed by atoms with Gasteiger partial charge in [0.1, 0.15) is 11.5 Å². The Morgan fingerprint density at radius 1 is 0.769 bits per heavy atom. The van der Waals surface area contributed by atoms with Gasteiger partial charge in [-0.3, -0.25) is 20.2 Å². The van der Waals surface area contributed by atoms with Crippen molar-refractivity contribution in [2.75, 3.05) is 13.2 Å². The standard InChI is InChI=1S/C35H35F5N2O10/c36-34(37,38)19-5-3-7-20-50-27-14-16-28(17-15-27)52-35(39,40)25-12-9-24(10-13-25)11-18-32(43)51-21-6-2-1-4-8-29-30(33(44)45)22-26(41(46)47)23-31(29)42(48)49/h9-18,22-23H,1-8,19-21H2,(H,44,45)/b18-11+. The predicted octanol–water partition coefficient (Wildman–Crippen LogP) is 9.19. The average Bonchev–Trinajstić information content (AvgIpc) is 3.08. The van der Waals surface area contributed by atoms with Gasteiger partial charge in [0, 0.05) is 24.1 Å². The Labute approximate surface area is 294 Å². The Morgan fingerprint density at radius 3 is 2.00 bits per heavy atom. The summed E-state index contributed by atoms with van der Waals surface area (Å²) < 4.78 is 81.5. The minimum atomic E-state index is -4.19. The number of nitrogens with zero attached hydrogens (tertiary/aromatic N) is 2. The molecule has 0 bridgehead atoms. The van der Waals surface area contributed by atoms with Crippen molar-refractivity contribution in [1.82, 2.24) is 0 Å². The number of non-ortho nitro benzene ring substituents is 1. The van der Waals surface area contributed by atoms with Crippen molar-refractivity contribution in [2.45, 2.75) is 70.1 Å². The van der Waals surface area contributed by atoms with Crippen molar-refractivity contribution in [3.05, 3.63) is 109 Å². The fraction of sp³-hybridized carbons (Fsp3) is 0.371. The maximum Gasteiger partial charge on any atom is 0.426 e. The van der Waals surface area contributed by atoms with Gasteiger partial charge in [-0.05, 0) is 86.6 Å². The van der Waals surface area contributed by atoms with E-state index in [-0.39, 0.29) is 37.4 Å². The van der Waals surface area contributed by atoms with Gasteiger partial charge in [-0.1, -0.05) is 25.0 Å². The summed E-state index contributed by atoms with van der Waals surface area (Å²) >= 11 is 0. The van der Waals surface area contributed by atoms with E-state index in [9.17, 15) is 56.9 Å². The Hall–Kier alpha value is -5.61. The lowest BCUT2D eigenvalue weighted by Gasteiger charge is -2.18. The fourth-order valence-electron chi connectivity index (χ4n) is 4.90. The summed E-state index contributed by atoms with van der Waals surface area (Å²) in [7, 11) is 0. The van der Waals surface area contributed by atoms with Crippen molar-refractivity contribution in [3.8, 4) is 11.5 Å². The molecule has 0 heterocycles. The van der Waals surface area contributed by atoms with Crippen molar-refractivity contribution < 1.29 is 60.7 Å². The first-order valence-electron chi connectivity index (χ1n) is 16.1. The van der Waals surface area contributed by atoms with Gasteiger partial charge in [-0.15, -0.1) is 0 Å². The van der Waals surface area contributed by atoms with E-state index in [0.717, 1.165) is 30.3 Å². The minimum Gasteiger partial charge on any atom is -0.494 e. The number of carboxylic acids is 1. The summed E-state index contributed by atoms with van der Waals surface area (Å²) in [6.45, 7) is 0.223.